The number of nitrogens with zero attached hydrogens (tertiary/aromatic N) is 3. The number of fused-ring (bicyclic) bond motifs is 1. The molecule has 0 saturated heterocycles. The molecule has 4 nitrogen and oxygen atoms in total. The molecule has 2 rings (SSSR count). The standard InChI is InChI=1S/C15H26N4/c1-3-19(4-2)8-7-15-17-11-13-9-12(10-16)5-6-14(13)18-15/h11-12H,3-10,16H2,1-2H3. The first-order valence-corrected chi connectivity index (χ1v) is 7.52. The lowest BCUT2D eigenvalue weighted by Crippen LogP contribution is -2.27. The summed E-state index contributed by atoms with van der Waals surface area (Å²) in [5.41, 5.74) is 8.33. The van der Waals surface area contributed by atoms with Crippen molar-refractivity contribution in [3.8, 4) is 0 Å². The summed E-state index contributed by atoms with van der Waals surface area (Å²) in [4.78, 5) is 11.7. The van der Waals surface area contributed by atoms with Gasteiger partial charge in [-0.1, -0.05) is 13.8 Å². The van der Waals surface area contributed by atoms with Gasteiger partial charge >= 0.3 is 0 Å². The maximum atomic E-state index is 5.76. The van der Waals surface area contributed by atoms with Gasteiger partial charge < -0.3 is 10.6 Å². The molecule has 0 spiro atoms. The van der Waals surface area contributed by atoms with Crippen LogP contribution in [0.4, 0.5) is 0 Å². The van der Waals surface area contributed by atoms with E-state index in [0.29, 0.717) is 5.92 Å². The zero-order valence-electron chi connectivity index (χ0n) is 12.2. The Morgan fingerprint density at radius 3 is 2.84 bits per heavy atom. The van der Waals surface area contributed by atoms with Crippen molar-refractivity contribution in [3.63, 3.8) is 0 Å². The molecule has 106 valence electrons. The van der Waals surface area contributed by atoms with Gasteiger partial charge in [0.1, 0.15) is 5.82 Å². The normalized spacial score (nSPS) is 18.6. The molecule has 2 N–H and O–H groups in total. The lowest BCUT2D eigenvalue weighted by atomic mass is 9.87. The minimum absolute atomic E-state index is 0.623. The fourth-order valence-corrected chi connectivity index (χ4v) is 2.74. The molecule has 1 aromatic rings. The number of hydrogen-bond acceptors (Lipinski definition) is 4. The number of aromatic nitrogens is 2. The fraction of sp³-hybridized carbons (Fsp3) is 0.733. The molecule has 1 unspecified atom stereocenters. The largest absolute Gasteiger partial charge is 0.330 e. The van der Waals surface area contributed by atoms with Crippen molar-refractivity contribution < 1.29 is 0 Å². The molecule has 1 atom stereocenters. The molecule has 0 fully saturated rings. The molecule has 1 aliphatic rings. The molecule has 19 heavy (non-hydrogen) atoms. The number of hydrogen-bond donors (Lipinski definition) is 1. The van der Waals surface area contributed by atoms with Crippen LogP contribution in [0.3, 0.4) is 0 Å². The van der Waals surface area contributed by atoms with Crippen LogP contribution in [-0.4, -0.2) is 41.0 Å². The van der Waals surface area contributed by atoms with Crippen molar-refractivity contribution >= 4 is 0 Å². The van der Waals surface area contributed by atoms with E-state index in [1.54, 1.807) is 0 Å². The summed E-state index contributed by atoms with van der Waals surface area (Å²) in [6, 6.07) is 0. The molecular weight excluding hydrogens is 236 g/mol. The molecule has 1 aromatic heterocycles. The van der Waals surface area contributed by atoms with Crippen molar-refractivity contribution in [1.82, 2.24) is 14.9 Å². The van der Waals surface area contributed by atoms with Crippen molar-refractivity contribution in [3.05, 3.63) is 23.3 Å². The second-order valence-corrected chi connectivity index (χ2v) is 5.38. The predicted molar refractivity (Wildman–Crippen MR) is 78.1 cm³/mol. The summed E-state index contributed by atoms with van der Waals surface area (Å²) in [6.45, 7) is 8.42. The summed E-state index contributed by atoms with van der Waals surface area (Å²) in [7, 11) is 0. The Bertz CT molecular complexity index is 401. The van der Waals surface area contributed by atoms with Crippen molar-refractivity contribution in [1.29, 1.82) is 0 Å². The molecule has 1 aliphatic carbocycles. The molecule has 0 aliphatic heterocycles. The Labute approximate surface area is 116 Å². The second kappa shape index (κ2) is 6.96. The quantitative estimate of drug-likeness (QED) is 0.842. The van der Waals surface area contributed by atoms with Gasteiger partial charge in [0.15, 0.2) is 0 Å². The average Bonchev–Trinajstić information content (AvgIpc) is 2.47. The SMILES string of the molecule is CCN(CC)CCc1ncc2c(n1)CCC(CN)C2. The Morgan fingerprint density at radius 1 is 1.37 bits per heavy atom. The molecule has 0 bridgehead atoms. The van der Waals surface area contributed by atoms with E-state index in [1.807, 2.05) is 6.20 Å². The molecule has 0 amide bonds. The zero-order valence-corrected chi connectivity index (χ0v) is 12.2. The molecule has 4 heteroatoms. The highest BCUT2D eigenvalue weighted by Gasteiger charge is 2.19. The molecular formula is C15H26N4. The number of nitrogens with two attached hydrogens (primary N) is 1. The summed E-state index contributed by atoms with van der Waals surface area (Å²) in [6.07, 6.45) is 6.28. The van der Waals surface area contributed by atoms with E-state index in [1.165, 1.54) is 17.7 Å². The van der Waals surface area contributed by atoms with Crippen LogP contribution in [0.25, 0.3) is 0 Å². The Kier molecular flexibility index (Phi) is 5.28. The summed E-state index contributed by atoms with van der Waals surface area (Å²) in [5, 5.41) is 0. The van der Waals surface area contributed by atoms with Gasteiger partial charge in [-0.25, -0.2) is 9.97 Å². The van der Waals surface area contributed by atoms with Crippen LogP contribution in [0.5, 0.6) is 0 Å². The van der Waals surface area contributed by atoms with Gasteiger partial charge in [0.25, 0.3) is 0 Å². The van der Waals surface area contributed by atoms with Gasteiger partial charge in [-0.05, 0) is 50.4 Å². The molecule has 0 aromatic carbocycles. The minimum atomic E-state index is 0.623. The van der Waals surface area contributed by atoms with E-state index < -0.39 is 0 Å². The Morgan fingerprint density at radius 2 is 2.16 bits per heavy atom. The van der Waals surface area contributed by atoms with Crippen LogP contribution in [-0.2, 0) is 19.3 Å². The van der Waals surface area contributed by atoms with Gasteiger partial charge in [0.05, 0.1) is 0 Å². The predicted octanol–water partition coefficient (Wildman–Crippen LogP) is 1.42. The highest BCUT2D eigenvalue weighted by atomic mass is 15.1. The van der Waals surface area contributed by atoms with E-state index in [0.717, 1.165) is 51.3 Å². The molecule has 0 saturated carbocycles. The lowest BCUT2D eigenvalue weighted by molar-refractivity contribution is 0.305. The first kappa shape index (κ1) is 14.4. The van der Waals surface area contributed by atoms with Gasteiger partial charge in [0, 0.05) is 24.9 Å². The van der Waals surface area contributed by atoms with E-state index >= 15 is 0 Å². The molecule has 0 radical (unpaired) electrons. The monoisotopic (exact) mass is 262 g/mol. The summed E-state index contributed by atoms with van der Waals surface area (Å²) >= 11 is 0. The van der Waals surface area contributed by atoms with Gasteiger partial charge in [-0.2, -0.15) is 0 Å². The van der Waals surface area contributed by atoms with Crippen LogP contribution < -0.4 is 5.73 Å². The number of aryl methyl sites for hydroxylation is 1. The van der Waals surface area contributed by atoms with Gasteiger partial charge in [-0.3, -0.25) is 0 Å². The first-order chi connectivity index (χ1) is 9.26. The lowest BCUT2D eigenvalue weighted by Gasteiger charge is -2.23. The Hall–Kier alpha value is -1.00. The fourth-order valence-electron chi connectivity index (χ4n) is 2.74. The topological polar surface area (TPSA) is 55.0 Å². The smallest absolute Gasteiger partial charge is 0.129 e. The van der Waals surface area contributed by atoms with Crippen LogP contribution in [0, 0.1) is 5.92 Å². The van der Waals surface area contributed by atoms with Crippen LogP contribution in [0.2, 0.25) is 0 Å². The third-order valence-electron chi connectivity index (χ3n) is 4.18. The maximum absolute atomic E-state index is 5.76. The summed E-state index contributed by atoms with van der Waals surface area (Å²) in [5.74, 6) is 1.62. The maximum Gasteiger partial charge on any atom is 0.129 e. The van der Waals surface area contributed by atoms with Crippen LogP contribution in [0.1, 0.15) is 37.4 Å². The van der Waals surface area contributed by atoms with Gasteiger partial charge in [-0.15, -0.1) is 0 Å². The highest BCUT2D eigenvalue weighted by Crippen LogP contribution is 2.22. The van der Waals surface area contributed by atoms with Gasteiger partial charge in [0.2, 0.25) is 0 Å². The van der Waals surface area contributed by atoms with E-state index in [9.17, 15) is 0 Å². The molecule has 1 heterocycles. The first-order valence-electron chi connectivity index (χ1n) is 7.52. The number of likely N-dealkylation sites (N-methyl/N-ethyl adjacent to an activating group) is 1. The van der Waals surface area contributed by atoms with Crippen LogP contribution in [0.15, 0.2) is 6.20 Å². The second-order valence-electron chi connectivity index (χ2n) is 5.38. The summed E-state index contributed by atoms with van der Waals surface area (Å²) < 4.78 is 0. The van der Waals surface area contributed by atoms with E-state index in [4.69, 9.17) is 10.7 Å². The van der Waals surface area contributed by atoms with Crippen LogP contribution >= 0.6 is 0 Å². The highest BCUT2D eigenvalue weighted by molar-refractivity contribution is 5.21. The zero-order chi connectivity index (χ0) is 13.7. The van der Waals surface area contributed by atoms with E-state index in [2.05, 4.69) is 23.7 Å². The number of rotatable bonds is 6. The minimum Gasteiger partial charge on any atom is -0.330 e. The van der Waals surface area contributed by atoms with Crippen molar-refractivity contribution in [2.24, 2.45) is 11.7 Å². The third-order valence-corrected chi connectivity index (χ3v) is 4.18. The van der Waals surface area contributed by atoms with Crippen molar-refractivity contribution in [2.45, 2.75) is 39.5 Å². The third kappa shape index (κ3) is 3.74. The van der Waals surface area contributed by atoms with Crippen molar-refractivity contribution in [2.75, 3.05) is 26.2 Å². The Balaban J connectivity index is 1.98. The van der Waals surface area contributed by atoms with E-state index in [-0.39, 0.29) is 0 Å². The average molecular weight is 262 g/mol.